The average molecular weight is 233 g/mol. The van der Waals surface area contributed by atoms with Crippen molar-refractivity contribution in [3.8, 4) is 0 Å². The van der Waals surface area contributed by atoms with Crippen LogP contribution in [0.4, 0.5) is 0 Å². The summed E-state index contributed by atoms with van der Waals surface area (Å²) in [4.78, 5) is 11.0. The molecule has 0 aromatic rings. The Morgan fingerprint density at radius 1 is 1.56 bits per heavy atom. The molecule has 0 aromatic carbocycles. The second kappa shape index (κ2) is 5.58. The van der Waals surface area contributed by atoms with Gasteiger partial charge in [-0.25, -0.2) is 0 Å². The van der Waals surface area contributed by atoms with Crippen LogP contribution in [0.25, 0.3) is 0 Å². The largest absolute Gasteiger partial charge is 0.394 e. The molecule has 1 fully saturated rings. The first-order valence-corrected chi connectivity index (χ1v) is 5.25. The van der Waals surface area contributed by atoms with Crippen molar-refractivity contribution in [2.24, 2.45) is 0 Å². The second-order valence-corrected chi connectivity index (χ2v) is 3.98. The molecule has 0 spiro atoms. The van der Waals surface area contributed by atoms with Crippen LogP contribution in [-0.4, -0.2) is 60.3 Å². The van der Waals surface area contributed by atoms with Crippen molar-refractivity contribution in [1.82, 2.24) is 5.32 Å². The van der Waals surface area contributed by atoms with E-state index in [2.05, 4.69) is 5.32 Å². The molecule has 1 rings (SSSR count). The molecule has 6 nitrogen and oxygen atoms in total. The number of aliphatic hydroxyl groups is 2. The summed E-state index contributed by atoms with van der Waals surface area (Å²) in [7, 11) is 1.45. The minimum absolute atomic E-state index is 0.211. The van der Waals surface area contributed by atoms with Crippen molar-refractivity contribution < 1.29 is 24.5 Å². The number of amides is 1. The first-order valence-electron chi connectivity index (χ1n) is 5.25. The Labute approximate surface area is 94.5 Å². The van der Waals surface area contributed by atoms with Crippen LogP contribution in [-0.2, 0) is 14.3 Å². The Morgan fingerprint density at radius 3 is 2.62 bits per heavy atom. The predicted molar refractivity (Wildman–Crippen MR) is 55.8 cm³/mol. The molecule has 0 bridgehead atoms. The lowest BCUT2D eigenvalue weighted by Crippen LogP contribution is -2.63. The number of rotatable bonds is 3. The fourth-order valence-electron chi connectivity index (χ4n) is 2.00. The molecule has 5 atom stereocenters. The lowest BCUT2D eigenvalue weighted by atomic mass is 9.93. The zero-order valence-corrected chi connectivity index (χ0v) is 9.71. The Morgan fingerprint density at radius 2 is 2.19 bits per heavy atom. The molecule has 94 valence electrons. The van der Waals surface area contributed by atoms with E-state index in [-0.39, 0.29) is 18.6 Å². The standard InChI is InChI=1S/C10H19NO5/c1-5-8(11-6(2)13)10(15-3)9(14)7(4-12)16-5/h5,7-10,12,14H,4H2,1-3H3,(H,11,13). The maximum absolute atomic E-state index is 11.0. The zero-order valence-electron chi connectivity index (χ0n) is 9.71. The first kappa shape index (κ1) is 13.4. The van der Waals surface area contributed by atoms with Crippen LogP contribution in [0.1, 0.15) is 13.8 Å². The number of hydrogen-bond acceptors (Lipinski definition) is 5. The van der Waals surface area contributed by atoms with Gasteiger partial charge in [0.05, 0.1) is 18.8 Å². The van der Waals surface area contributed by atoms with E-state index in [9.17, 15) is 9.90 Å². The van der Waals surface area contributed by atoms with E-state index < -0.39 is 24.4 Å². The lowest BCUT2D eigenvalue weighted by Gasteiger charge is -2.42. The van der Waals surface area contributed by atoms with Crippen LogP contribution < -0.4 is 5.32 Å². The summed E-state index contributed by atoms with van der Waals surface area (Å²) in [5, 5.41) is 21.6. The van der Waals surface area contributed by atoms with Crippen LogP contribution in [0.5, 0.6) is 0 Å². The van der Waals surface area contributed by atoms with Gasteiger partial charge in [0.15, 0.2) is 0 Å². The van der Waals surface area contributed by atoms with Crippen molar-refractivity contribution in [3.63, 3.8) is 0 Å². The maximum atomic E-state index is 11.0. The van der Waals surface area contributed by atoms with Gasteiger partial charge in [0, 0.05) is 14.0 Å². The number of ether oxygens (including phenoxy) is 2. The Hall–Kier alpha value is -0.690. The molecule has 6 heteroatoms. The van der Waals surface area contributed by atoms with Gasteiger partial charge in [-0.1, -0.05) is 0 Å². The number of carbonyl (C=O) groups is 1. The molecule has 16 heavy (non-hydrogen) atoms. The van der Waals surface area contributed by atoms with E-state index in [1.165, 1.54) is 14.0 Å². The number of aliphatic hydroxyl groups excluding tert-OH is 2. The summed E-state index contributed by atoms with van der Waals surface area (Å²) < 4.78 is 10.6. The van der Waals surface area contributed by atoms with Crippen molar-refractivity contribution in [3.05, 3.63) is 0 Å². The van der Waals surface area contributed by atoms with Crippen molar-refractivity contribution >= 4 is 5.91 Å². The molecule has 0 aliphatic carbocycles. The van der Waals surface area contributed by atoms with Crippen LogP contribution in [0.15, 0.2) is 0 Å². The van der Waals surface area contributed by atoms with E-state index >= 15 is 0 Å². The summed E-state index contributed by atoms with van der Waals surface area (Å²) >= 11 is 0. The lowest BCUT2D eigenvalue weighted by molar-refractivity contribution is -0.197. The highest BCUT2D eigenvalue weighted by molar-refractivity contribution is 5.73. The van der Waals surface area contributed by atoms with Gasteiger partial charge in [-0.15, -0.1) is 0 Å². The predicted octanol–water partition coefficient (Wildman–Crippen LogP) is -1.35. The summed E-state index contributed by atoms with van der Waals surface area (Å²) in [5.74, 6) is -0.211. The fraction of sp³-hybridized carbons (Fsp3) is 0.900. The number of hydrogen-bond donors (Lipinski definition) is 3. The SMILES string of the molecule is COC1C(O)C(CO)OC(C)C1NC(C)=O. The topological polar surface area (TPSA) is 88.0 Å². The van der Waals surface area contributed by atoms with Crippen molar-refractivity contribution in [2.45, 2.75) is 44.3 Å². The summed E-state index contributed by atoms with van der Waals surface area (Å²) in [6.07, 6.45) is -2.53. The van der Waals surface area contributed by atoms with Crippen LogP contribution in [0.3, 0.4) is 0 Å². The molecule has 1 aliphatic rings. The highest BCUT2D eigenvalue weighted by atomic mass is 16.5. The number of carbonyl (C=O) groups excluding carboxylic acids is 1. The van der Waals surface area contributed by atoms with Crippen LogP contribution in [0, 0.1) is 0 Å². The summed E-state index contributed by atoms with van der Waals surface area (Å²) in [6, 6.07) is -0.416. The monoisotopic (exact) mass is 233 g/mol. The summed E-state index contributed by atoms with van der Waals surface area (Å²) in [6.45, 7) is 2.88. The quantitative estimate of drug-likeness (QED) is 0.561. The van der Waals surface area contributed by atoms with E-state index in [0.29, 0.717) is 0 Å². The highest BCUT2D eigenvalue weighted by Crippen LogP contribution is 2.22. The minimum Gasteiger partial charge on any atom is -0.394 e. The van der Waals surface area contributed by atoms with Gasteiger partial charge in [-0.2, -0.15) is 0 Å². The van der Waals surface area contributed by atoms with Gasteiger partial charge in [-0.3, -0.25) is 4.79 Å². The third-order valence-electron chi connectivity index (χ3n) is 2.79. The molecule has 3 N–H and O–H groups in total. The van der Waals surface area contributed by atoms with E-state index in [1.54, 1.807) is 6.92 Å². The molecule has 1 saturated heterocycles. The highest BCUT2D eigenvalue weighted by Gasteiger charge is 2.43. The molecule has 5 unspecified atom stereocenters. The minimum atomic E-state index is -0.956. The van der Waals surface area contributed by atoms with Gasteiger partial charge >= 0.3 is 0 Å². The van der Waals surface area contributed by atoms with E-state index in [0.717, 1.165) is 0 Å². The van der Waals surface area contributed by atoms with Gasteiger partial charge in [0.1, 0.15) is 18.3 Å². The smallest absolute Gasteiger partial charge is 0.217 e. The first-order chi connectivity index (χ1) is 7.51. The Kier molecular flexibility index (Phi) is 4.67. The molecular formula is C10H19NO5. The molecular weight excluding hydrogens is 214 g/mol. The third kappa shape index (κ3) is 2.70. The van der Waals surface area contributed by atoms with Crippen molar-refractivity contribution in [1.29, 1.82) is 0 Å². The van der Waals surface area contributed by atoms with Crippen LogP contribution >= 0.6 is 0 Å². The van der Waals surface area contributed by atoms with Gasteiger partial charge in [0.2, 0.25) is 5.91 Å². The molecule has 0 aromatic heterocycles. The Bertz CT molecular complexity index is 247. The summed E-state index contributed by atoms with van der Waals surface area (Å²) in [5.41, 5.74) is 0. The Balaban J connectivity index is 2.78. The molecule has 1 aliphatic heterocycles. The molecule has 1 amide bonds. The normalized spacial score (nSPS) is 39.4. The number of nitrogens with one attached hydrogen (secondary N) is 1. The molecule has 1 heterocycles. The van der Waals surface area contributed by atoms with Crippen LogP contribution in [0.2, 0.25) is 0 Å². The fourth-order valence-corrected chi connectivity index (χ4v) is 2.00. The van der Waals surface area contributed by atoms with Gasteiger partial charge < -0.3 is 25.0 Å². The van der Waals surface area contributed by atoms with Crippen molar-refractivity contribution in [2.75, 3.05) is 13.7 Å². The molecule has 0 saturated carbocycles. The van der Waals surface area contributed by atoms with Gasteiger partial charge in [0.25, 0.3) is 0 Å². The third-order valence-corrected chi connectivity index (χ3v) is 2.79. The maximum Gasteiger partial charge on any atom is 0.217 e. The van der Waals surface area contributed by atoms with E-state index in [1.807, 2.05) is 0 Å². The van der Waals surface area contributed by atoms with E-state index in [4.69, 9.17) is 14.6 Å². The average Bonchev–Trinajstić information content (AvgIpc) is 2.23. The number of methoxy groups -OCH3 is 1. The van der Waals surface area contributed by atoms with Gasteiger partial charge in [-0.05, 0) is 6.92 Å². The molecule has 0 radical (unpaired) electrons. The second-order valence-electron chi connectivity index (χ2n) is 3.98. The zero-order chi connectivity index (χ0) is 12.3.